The highest BCUT2D eigenvalue weighted by molar-refractivity contribution is 5.94. The first-order valence-corrected chi connectivity index (χ1v) is 6.49. The molecule has 0 atom stereocenters. The highest BCUT2D eigenvalue weighted by Gasteiger charge is 2.20. The lowest BCUT2D eigenvalue weighted by Gasteiger charge is -2.06. The van der Waals surface area contributed by atoms with E-state index < -0.39 is 10.9 Å². The molecule has 0 saturated heterocycles. The summed E-state index contributed by atoms with van der Waals surface area (Å²) in [6, 6.07) is 12.2. The largest absolute Gasteiger partial charge is 0.457 e. The number of hydrogen-bond acceptors (Lipinski definition) is 5. The molecule has 2 aromatic carbocycles. The second-order valence-corrected chi connectivity index (χ2v) is 4.60. The van der Waals surface area contributed by atoms with Crippen LogP contribution >= 0.6 is 0 Å². The summed E-state index contributed by atoms with van der Waals surface area (Å²) in [6.45, 7) is 1.44. The van der Waals surface area contributed by atoms with Crippen molar-refractivity contribution in [3.8, 4) is 0 Å². The van der Waals surface area contributed by atoms with Gasteiger partial charge in [-0.05, 0) is 18.6 Å². The monoisotopic (exact) mass is 299 g/mol. The minimum atomic E-state index is -0.761. The number of carbonyl (C=O) groups is 2. The van der Waals surface area contributed by atoms with Gasteiger partial charge in [0.15, 0.2) is 5.78 Å². The van der Waals surface area contributed by atoms with Crippen LogP contribution in [0, 0.1) is 10.1 Å². The van der Waals surface area contributed by atoms with Crippen LogP contribution < -0.4 is 0 Å². The van der Waals surface area contributed by atoms with Gasteiger partial charge in [0, 0.05) is 11.6 Å². The highest BCUT2D eigenvalue weighted by Crippen LogP contribution is 2.19. The molecule has 0 saturated carbocycles. The summed E-state index contributed by atoms with van der Waals surface area (Å²) in [6.07, 6.45) is 0. The van der Waals surface area contributed by atoms with Gasteiger partial charge in [-0.2, -0.15) is 0 Å². The van der Waals surface area contributed by atoms with Gasteiger partial charge < -0.3 is 4.74 Å². The van der Waals surface area contributed by atoms with Gasteiger partial charge in [0.1, 0.15) is 12.2 Å². The number of ketones is 1. The summed E-state index contributed by atoms with van der Waals surface area (Å²) in [4.78, 5) is 33.3. The van der Waals surface area contributed by atoms with Gasteiger partial charge in [0.25, 0.3) is 5.69 Å². The van der Waals surface area contributed by atoms with Crippen LogP contribution in [0.2, 0.25) is 0 Å². The molecule has 6 nitrogen and oxygen atoms in total. The SMILES string of the molecule is CC(=O)c1ccc(COC(=O)c2ccccc2[N+](=O)[O-])cc1. The van der Waals surface area contributed by atoms with Gasteiger partial charge in [-0.1, -0.05) is 36.4 Å². The van der Waals surface area contributed by atoms with E-state index in [1.54, 1.807) is 24.3 Å². The maximum Gasteiger partial charge on any atom is 0.345 e. The lowest BCUT2D eigenvalue weighted by molar-refractivity contribution is -0.385. The van der Waals surface area contributed by atoms with Gasteiger partial charge >= 0.3 is 5.97 Å². The Labute approximate surface area is 126 Å². The van der Waals surface area contributed by atoms with Crippen LogP contribution in [0.1, 0.15) is 33.2 Å². The Bertz CT molecular complexity index is 722. The fourth-order valence-corrected chi connectivity index (χ4v) is 1.87. The fraction of sp³-hybridized carbons (Fsp3) is 0.125. The van der Waals surface area contributed by atoms with Gasteiger partial charge in [0.2, 0.25) is 0 Å². The van der Waals surface area contributed by atoms with Crippen molar-refractivity contribution < 1.29 is 19.2 Å². The second-order valence-electron chi connectivity index (χ2n) is 4.60. The minimum absolute atomic E-state index is 0.0247. The quantitative estimate of drug-likeness (QED) is 0.366. The summed E-state index contributed by atoms with van der Waals surface area (Å²) in [5, 5.41) is 10.9. The molecule has 112 valence electrons. The van der Waals surface area contributed by atoms with Crippen molar-refractivity contribution in [2.75, 3.05) is 0 Å². The van der Waals surface area contributed by atoms with E-state index in [-0.39, 0.29) is 23.6 Å². The second kappa shape index (κ2) is 6.62. The Hall–Kier alpha value is -3.02. The van der Waals surface area contributed by atoms with E-state index in [4.69, 9.17) is 4.74 Å². The van der Waals surface area contributed by atoms with Crippen molar-refractivity contribution in [3.05, 3.63) is 75.3 Å². The number of nitrogens with zero attached hydrogens (tertiary/aromatic N) is 1. The molecule has 0 bridgehead atoms. The zero-order valence-electron chi connectivity index (χ0n) is 11.8. The number of ether oxygens (including phenoxy) is 1. The van der Waals surface area contributed by atoms with Crippen molar-refractivity contribution in [1.82, 2.24) is 0 Å². The molecule has 0 aliphatic carbocycles. The molecule has 0 heterocycles. The van der Waals surface area contributed by atoms with E-state index in [1.165, 1.54) is 31.2 Å². The summed E-state index contributed by atoms with van der Waals surface area (Å²) in [5.74, 6) is -0.814. The number of Topliss-reactive ketones (excluding diaryl/α,β-unsaturated/α-hetero) is 1. The first-order chi connectivity index (χ1) is 10.5. The van der Waals surface area contributed by atoms with Crippen molar-refractivity contribution >= 4 is 17.4 Å². The standard InChI is InChI=1S/C16H13NO5/c1-11(18)13-8-6-12(7-9-13)10-22-16(19)14-4-2-3-5-15(14)17(20)21/h2-9H,10H2,1H3. The number of para-hydroxylation sites is 1. The summed E-state index contributed by atoms with van der Waals surface area (Å²) in [5.41, 5.74) is 0.873. The summed E-state index contributed by atoms with van der Waals surface area (Å²) >= 11 is 0. The maximum absolute atomic E-state index is 11.9. The van der Waals surface area contributed by atoms with Gasteiger partial charge in [-0.15, -0.1) is 0 Å². The molecule has 0 aliphatic rings. The third-order valence-corrected chi connectivity index (χ3v) is 3.05. The molecule has 2 rings (SSSR count). The Morgan fingerprint density at radius 1 is 1.09 bits per heavy atom. The van der Waals surface area contributed by atoms with E-state index in [9.17, 15) is 19.7 Å². The molecule has 0 radical (unpaired) electrons. The van der Waals surface area contributed by atoms with Crippen LogP contribution in [0.5, 0.6) is 0 Å². The zero-order chi connectivity index (χ0) is 16.1. The summed E-state index contributed by atoms with van der Waals surface area (Å²) in [7, 11) is 0. The minimum Gasteiger partial charge on any atom is -0.457 e. The molecule has 0 aromatic heterocycles. The van der Waals surface area contributed by atoms with Crippen LogP contribution in [0.3, 0.4) is 0 Å². The molecule has 2 aromatic rings. The third kappa shape index (κ3) is 3.54. The van der Waals surface area contributed by atoms with Crippen molar-refractivity contribution in [3.63, 3.8) is 0 Å². The van der Waals surface area contributed by atoms with Crippen LogP contribution in [0.25, 0.3) is 0 Å². The van der Waals surface area contributed by atoms with E-state index in [0.29, 0.717) is 11.1 Å². The first kappa shape index (κ1) is 15.4. The molecule has 22 heavy (non-hydrogen) atoms. The van der Waals surface area contributed by atoms with E-state index in [2.05, 4.69) is 0 Å². The smallest absolute Gasteiger partial charge is 0.345 e. The van der Waals surface area contributed by atoms with E-state index in [1.807, 2.05) is 0 Å². The Kier molecular flexibility index (Phi) is 4.63. The van der Waals surface area contributed by atoms with Crippen molar-refractivity contribution in [1.29, 1.82) is 0 Å². The maximum atomic E-state index is 11.9. The Morgan fingerprint density at radius 3 is 2.32 bits per heavy atom. The van der Waals surface area contributed by atoms with Gasteiger partial charge in [-0.25, -0.2) is 4.79 Å². The van der Waals surface area contributed by atoms with E-state index >= 15 is 0 Å². The average molecular weight is 299 g/mol. The lowest BCUT2D eigenvalue weighted by atomic mass is 10.1. The number of carbonyl (C=O) groups excluding carboxylic acids is 2. The number of esters is 1. The van der Waals surface area contributed by atoms with Gasteiger partial charge in [0.05, 0.1) is 4.92 Å². The highest BCUT2D eigenvalue weighted by atomic mass is 16.6. The normalized spacial score (nSPS) is 10.0. The number of rotatable bonds is 5. The topological polar surface area (TPSA) is 86.5 Å². The van der Waals surface area contributed by atoms with Crippen molar-refractivity contribution in [2.24, 2.45) is 0 Å². The van der Waals surface area contributed by atoms with Crippen molar-refractivity contribution in [2.45, 2.75) is 13.5 Å². The molecule has 0 N–H and O–H groups in total. The Balaban J connectivity index is 2.07. The molecular formula is C16H13NO5. The number of benzene rings is 2. The predicted molar refractivity (Wildman–Crippen MR) is 78.7 cm³/mol. The number of nitro groups is 1. The van der Waals surface area contributed by atoms with E-state index in [0.717, 1.165) is 0 Å². The zero-order valence-corrected chi connectivity index (χ0v) is 11.8. The van der Waals surface area contributed by atoms with Crippen LogP contribution in [0.4, 0.5) is 5.69 Å². The molecule has 0 aliphatic heterocycles. The molecule has 0 spiro atoms. The molecule has 6 heteroatoms. The van der Waals surface area contributed by atoms with Crippen LogP contribution in [-0.4, -0.2) is 16.7 Å². The molecule has 0 fully saturated rings. The van der Waals surface area contributed by atoms with Crippen LogP contribution in [0.15, 0.2) is 48.5 Å². The third-order valence-electron chi connectivity index (χ3n) is 3.05. The Morgan fingerprint density at radius 2 is 1.73 bits per heavy atom. The van der Waals surface area contributed by atoms with Gasteiger partial charge in [-0.3, -0.25) is 14.9 Å². The average Bonchev–Trinajstić information content (AvgIpc) is 2.53. The fourth-order valence-electron chi connectivity index (χ4n) is 1.87. The molecule has 0 amide bonds. The first-order valence-electron chi connectivity index (χ1n) is 6.49. The molecular weight excluding hydrogens is 286 g/mol. The van der Waals surface area contributed by atoms with Crippen LogP contribution in [-0.2, 0) is 11.3 Å². The number of hydrogen-bond donors (Lipinski definition) is 0. The molecule has 0 unspecified atom stereocenters. The summed E-state index contributed by atoms with van der Waals surface area (Å²) < 4.78 is 5.08. The lowest BCUT2D eigenvalue weighted by Crippen LogP contribution is -2.08. The number of nitro benzene ring substituents is 1. The predicted octanol–water partition coefficient (Wildman–Crippen LogP) is 3.15.